The van der Waals surface area contributed by atoms with Crippen molar-refractivity contribution in [3.8, 4) is 0 Å². The van der Waals surface area contributed by atoms with Gasteiger partial charge in [0.05, 0.1) is 0 Å². The average molecular weight is 226 g/mol. The number of nitrogens with two attached hydrogens (primary N) is 1. The summed E-state index contributed by atoms with van der Waals surface area (Å²) in [6, 6.07) is 0.425. The number of rotatable bonds is 0. The Kier molecular flexibility index (Phi) is 10.9. The molecule has 1 fully saturated rings. The standard InChI is InChI=1S/C5H12N2.2HNO3/c6-5-2-1-3-7-4-5;2*2-1(3)4/h5,7H,1-4,6H2;2*(H,2,3,4)/t5-;;/m0../s1. The minimum atomic E-state index is -1.50. The number of hydrogen-bond acceptors (Lipinski definition) is 6. The second-order valence-corrected chi connectivity index (χ2v) is 2.58. The molecule has 1 aliphatic heterocycles. The van der Waals surface area contributed by atoms with Crippen molar-refractivity contribution in [2.75, 3.05) is 13.1 Å². The van der Waals surface area contributed by atoms with Gasteiger partial charge in [0.25, 0.3) is 10.2 Å². The van der Waals surface area contributed by atoms with Crippen molar-refractivity contribution in [3.63, 3.8) is 0 Å². The maximum Gasteiger partial charge on any atom is 0.291 e. The molecule has 1 heterocycles. The minimum Gasteiger partial charge on any atom is -0.328 e. The van der Waals surface area contributed by atoms with E-state index in [4.69, 9.17) is 36.4 Å². The normalized spacial score (nSPS) is 18.6. The Balaban J connectivity index is 0. The van der Waals surface area contributed by atoms with Gasteiger partial charge in [-0.3, -0.25) is 0 Å². The smallest absolute Gasteiger partial charge is 0.291 e. The fourth-order valence-corrected chi connectivity index (χ4v) is 0.879. The molecule has 5 N–H and O–H groups in total. The van der Waals surface area contributed by atoms with E-state index in [-0.39, 0.29) is 0 Å². The third-order valence-corrected chi connectivity index (χ3v) is 1.33. The van der Waals surface area contributed by atoms with Crippen LogP contribution in [-0.2, 0) is 0 Å². The third kappa shape index (κ3) is 32.9. The zero-order valence-electron chi connectivity index (χ0n) is 7.90. The lowest BCUT2D eigenvalue weighted by Crippen LogP contribution is -2.39. The molecule has 0 unspecified atom stereocenters. The van der Waals surface area contributed by atoms with Gasteiger partial charge in [-0.1, -0.05) is 0 Å². The van der Waals surface area contributed by atoms with E-state index in [9.17, 15) is 0 Å². The van der Waals surface area contributed by atoms with Crippen LogP contribution >= 0.6 is 0 Å². The van der Waals surface area contributed by atoms with Gasteiger partial charge < -0.3 is 21.5 Å². The second-order valence-electron chi connectivity index (χ2n) is 2.58. The van der Waals surface area contributed by atoms with Gasteiger partial charge in [0.2, 0.25) is 0 Å². The van der Waals surface area contributed by atoms with Crippen molar-refractivity contribution in [3.05, 3.63) is 20.2 Å². The van der Waals surface area contributed by atoms with E-state index in [0.717, 1.165) is 13.1 Å². The molecule has 1 aliphatic rings. The lowest BCUT2D eigenvalue weighted by molar-refractivity contribution is -0.742. The Labute approximate surface area is 84.9 Å². The molecule has 10 heteroatoms. The molecular formula is C5H14N4O6. The van der Waals surface area contributed by atoms with Crippen LogP contribution in [0.3, 0.4) is 0 Å². The van der Waals surface area contributed by atoms with E-state index in [1.807, 2.05) is 0 Å². The SMILES string of the molecule is N[C@H]1CCCNC1.O=[N+]([O-])O.O=[N+]([O-])O. The molecule has 1 atom stereocenters. The van der Waals surface area contributed by atoms with E-state index in [1.165, 1.54) is 12.8 Å². The van der Waals surface area contributed by atoms with Crippen LogP contribution in [0.4, 0.5) is 0 Å². The van der Waals surface area contributed by atoms with Gasteiger partial charge in [-0.15, -0.1) is 20.2 Å². The van der Waals surface area contributed by atoms with Gasteiger partial charge in [-0.05, 0) is 19.4 Å². The molecule has 0 saturated carbocycles. The highest BCUT2D eigenvalue weighted by Gasteiger charge is 2.05. The summed E-state index contributed by atoms with van der Waals surface area (Å²) in [5.74, 6) is 0. The summed E-state index contributed by atoms with van der Waals surface area (Å²) in [7, 11) is 0. The van der Waals surface area contributed by atoms with E-state index < -0.39 is 10.2 Å². The molecule has 0 aromatic rings. The Morgan fingerprint density at radius 3 is 1.80 bits per heavy atom. The van der Waals surface area contributed by atoms with Crippen molar-refractivity contribution in [2.45, 2.75) is 18.9 Å². The van der Waals surface area contributed by atoms with Gasteiger partial charge in [0, 0.05) is 12.6 Å². The van der Waals surface area contributed by atoms with E-state index in [2.05, 4.69) is 5.32 Å². The average Bonchev–Trinajstić information content (AvgIpc) is 2.03. The van der Waals surface area contributed by atoms with Crippen LogP contribution in [0.2, 0.25) is 0 Å². The minimum absolute atomic E-state index is 0.425. The molecule has 1 saturated heterocycles. The van der Waals surface area contributed by atoms with Gasteiger partial charge in [-0.2, -0.15) is 0 Å². The van der Waals surface area contributed by atoms with Crippen LogP contribution in [0.5, 0.6) is 0 Å². The maximum atomic E-state index is 8.36. The van der Waals surface area contributed by atoms with Gasteiger partial charge >= 0.3 is 0 Å². The summed E-state index contributed by atoms with van der Waals surface area (Å²) in [5, 5.41) is 30.5. The summed E-state index contributed by atoms with van der Waals surface area (Å²) >= 11 is 0. The van der Waals surface area contributed by atoms with Crippen molar-refractivity contribution in [1.29, 1.82) is 0 Å². The van der Waals surface area contributed by atoms with Crippen molar-refractivity contribution < 1.29 is 20.6 Å². The Morgan fingerprint density at radius 1 is 1.27 bits per heavy atom. The van der Waals surface area contributed by atoms with Crippen LogP contribution < -0.4 is 11.1 Å². The highest BCUT2D eigenvalue weighted by molar-refractivity contribution is 4.69. The second kappa shape index (κ2) is 10.4. The molecule has 0 spiro atoms. The topological polar surface area (TPSA) is 165 Å². The van der Waals surface area contributed by atoms with Gasteiger partial charge in [0.1, 0.15) is 0 Å². The van der Waals surface area contributed by atoms with Crippen molar-refractivity contribution in [1.82, 2.24) is 5.32 Å². The molecule has 0 amide bonds. The maximum absolute atomic E-state index is 8.36. The predicted octanol–water partition coefficient (Wildman–Crippen LogP) is -0.998. The molecule has 0 bridgehead atoms. The van der Waals surface area contributed by atoms with Crippen LogP contribution in [0.1, 0.15) is 12.8 Å². The van der Waals surface area contributed by atoms with Gasteiger partial charge in [0.15, 0.2) is 0 Å². The first kappa shape index (κ1) is 15.8. The first-order valence-corrected chi connectivity index (χ1v) is 3.99. The first-order valence-electron chi connectivity index (χ1n) is 3.99. The molecule has 0 radical (unpaired) electrons. The number of nitrogens with one attached hydrogen (secondary N) is 1. The molecule has 15 heavy (non-hydrogen) atoms. The van der Waals surface area contributed by atoms with Crippen molar-refractivity contribution >= 4 is 0 Å². The summed E-state index contributed by atoms with van der Waals surface area (Å²) < 4.78 is 0. The third-order valence-electron chi connectivity index (χ3n) is 1.33. The summed E-state index contributed by atoms with van der Waals surface area (Å²) in [6.07, 6.45) is 2.45. The van der Waals surface area contributed by atoms with Gasteiger partial charge in [-0.25, -0.2) is 0 Å². The summed E-state index contributed by atoms with van der Waals surface area (Å²) in [6.45, 7) is 2.17. The monoisotopic (exact) mass is 226 g/mol. The summed E-state index contributed by atoms with van der Waals surface area (Å²) in [5.41, 5.74) is 5.57. The van der Waals surface area contributed by atoms with Crippen LogP contribution in [0.25, 0.3) is 0 Å². The van der Waals surface area contributed by atoms with Crippen molar-refractivity contribution in [2.24, 2.45) is 5.73 Å². The fraction of sp³-hybridized carbons (Fsp3) is 1.00. The van der Waals surface area contributed by atoms with E-state index in [1.54, 1.807) is 0 Å². The lowest BCUT2D eigenvalue weighted by Gasteiger charge is -2.17. The summed E-state index contributed by atoms with van der Waals surface area (Å²) in [4.78, 5) is 16.7. The zero-order valence-corrected chi connectivity index (χ0v) is 7.90. The zero-order chi connectivity index (χ0) is 12.3. The molecule has 90 valence electrons. The highest BCUT2D eigenvalue weighted by Crippen LogP contribution is 1.96. The molecule has 0 aromatic carbocycles. The van der Waals surface area contributed by atoms with Crippen LogP contribution in [-0.4, -0.2) is 39.7 Å². The lowest BCUT2D eigenvalue weighted by atomic mass is 10.1. The molecule has 10 nitrogen and oxygen atoms in total. The molecule has 0 aliphatic carbocycles. The first-order chi connectivity index (χ1) is 6.86. The Bertz CT molecular complexity index is 162. The highest BCUT2D eigenvalue weighted by atomic mass is 16.9. The van der Waals surface area contributed by atoms with Crippen LogP contribution in [0.15, 0.2) is 0 Å². The number of hydrogen-bond donors (Lipinski definition) is 4. The number of piperidine rings is 1. The van der Waals surface area contributed by atoms with E-state index in [0.29, 0.717) is 6.04 Å². The Morgan fingerprint density at radius 2 is 1.67 bits per heavy atom. The molecular weight excluding hydrogens is 212 g/mol. The predicted molar refractivity (Wildman–Crippen MR) is 47.6 cm³/mol. The molecule has 1 rings (SSSR count). The van der Waals surface area contributed by atoms with E-state index >= 15 is 0 Å². The number of nitrogens with zero attached hydrogens (tertiary/aromatic N) is 2. The fourth-order valence-electron chi connectivity index (χ4n) is 0.879. The molecule has 0 aromatic heterocycles. The van der Waals surface area contributed by atoms with Crippen LogP contribution in [0, 0.1) is 20.2 Å². The quantitative estimate of drug-likeness (QED) is 0.301. The largest absolute Gasteiger partial charge is 0.328 e. The Hall–Kier alpha value is -1.68.